The van der Waals surface area contributed by atoms with Crippen molar-refractivity contribution in [2.45, 2.75) is 51.7 Å². The molecule has 2 heterocycles. The van der Waals surface area contributed by atoms with Crippen molar-refractivity contribution in [1.82, 2.24) is 19.7 Å². The van der Waals surface area contributed by atoms with E-state index < -0.39 is 0 Å². The molecule has 0 saturated carbocycles. The Morgan fingerprint density at radius 3 is 3.18 bits per heavy atom. The first-order valence-corrected chi connectivity index (χ1v) is 6.41. The lowest BCUT2D eigenvalue weighted by Crippen LogP contribution is -2.40. The number of aryl methyl sites for hydroxylation is 1. The largest absolute Gasteiger partial charge is 0.302 e. The van der Waals surface area contributed by atoms with E-state index in [1.807, 2.05) is 4.68 Å². The number of likely N-dealkylation sites (tertiary alicyclic amines) is 1. The summed E-state index contributed by atoms with van der Waals surface area (Å²) in [5.74, 6) is 0.973. The molecular weight excluding hydrogens is 216 g/mol. The second-order valence-electron chi connectivity index (χ2n) is 4.57. The Hall–Kier alpha value is -1.23. The second-order valence-corrected chi connectivity index (χ2v) is 4.57. The highest BCUT2D eigenvalue weighted by Crippen LogP contribution is 2.17. The van der Waals surface area contributed by atoms with Crippen LogP contribution in [0.4, 0.5) is 0 Å². The standard InChI is InChI=1S/C12H20N4O/c1-2-6-16-12(13-10-14-16)8-15-7-4-3-5-11(15)9-17/h9-11H,2-8H2,1H3. The van der Waals surface area contributed by atoms with E-state index in [0.29, 0.717) is 0 Å². The van der Waals surface area contributed by atoms with Crippen molar-refractivity contribution in [3.63, 3.8) is 0 Å². The Kier molecular flexibility index (Phi) is 4.25. The molecule has 1 aliphatic rings. The number of rotatable bonds is 5. The summed E-state index contributed by atoms with van der Waals surface area (Å²) in [4.78, 5) is 17.5. The first-order valence-electron chi connectivity index (χ1n) is 6.41. The molecule has 5 nitrogen and oxygen atoms in total. The second kappa shape index (κ2) is 5.91. The molecule has 0 bridgehead atoms. The summed E-state index contributed by atoms with van der Waals surface area (Å²) in [7, 11) is 0. The van der Waals surface area contributed by atoms with Crippen LogP contribution in [0.5, 0.6) is 0 Å². The van der Waals surface area contributed by atoms with Crippen LogP contribution in [0.3, 0.4) is 0 Å². The molecule has 0 aliphatic carbocycles. The molecule has 2 rings (SSSR count). The lowest BCUT2D eigenvalue weighted by Gasteiger charge is -2.31. The van der Waals surface area contributed by atoms with Gasteiger partial charge in [0.15, 0.2) is 0 Å². The Balaban J connectivity index is 2.02. The van der Waals surface area contributed by atoms with Crippen molar-refractivity contribution in [3.8, 4) is 0 Å². The summed E-state index contributed by atoms with van der Waals surface area (Å²) in [5.41, 5.74) is 0. The predicted octanol–water partition coefficient (Wildman–Crippen LogP) is 1.24. The van der Waals surface area contributed by atoms with Crippen LogP contribution in [0.15, 0.2) is 6.33 Å². The smallest absolute Gasteiger partial charge is 0.141 e. The Morgan fingerprint density at radius 2 is 2.41 bits per heavy atom. The van der Waals surface area contributed by atoms with Gasteiger partial charge in [0.05, 0.1) is 12.6 Å². The van der Waals surface area contributed by atoms with E-state index in [9.17, 15) is 4.79 Å². The van der Waals surface area contributed by atoms with Crippen LogP contribution >= 0.6 is 0 Å². The molecule has 5 heteroatoms. The third-order valence-electron chi connectivity index (χ3n) is 3.30. The number of piperidine rings is 1. The molecule has 0 N–H and O–H groups in total. The molecule has 1 fully saturated rings. The van der Waals surface area contributed by atoms with Crippen LogP contribution in [0.25, 0.3) is 0 Å². The highest BCUT2D eigenvalue weighted by atomic mass is 16.1. The summed E-state index contributed by atoms with van der Waals surface area (Å²) in [5, 5.41) is 4.21. The van der Waals surface area contributed by atoms with Gasteiger partial charge in [0.25, 0.3) is 0 Å². The number of hydrogen-bond acceptors (Lipinski definition) is 4. The van der Waals surface area contributed by atoms with Crippen LogP contribution in [-0.2, 0) is 17.9 Å². The van der Waals surface area contributed by atoms with Gasteiger partial charge in [0.1, 0.15) is 18.4 Å². The fraction of sp³-hybridized carbons (Fsp3) is 0.750. The lowest BCUT2D eigenvalue weighted by atomic mass is 10.0. The quantitative estimate of drug-likeness (QED) is 0.722. The molecule has 0 spiro atoms. The zero-order valence-electron chi connectivity index (χ0n) is 10.4. The molecule has 17 heavy (non-hydrogen) atoms. The van der Waals surface area contributed by atoms with Gasteiger partial charge in [-0.1, -0.05) is 13.3 Å². The SMILES string of the molecule is CCCn1ncnc1CN1CCCCC1C=O. The van der Waals surface area contributed by atoms with E-state index in [4.69, 9.17) is 0 Å². The van der Waals surface area contributed by atoms with Gasteiger partial charge >= 0.3 is 0 Å². The number of aldehydes is 1. The molecule has 94 valence electrons. The summed E-state index contributed by atoms with van der Waals surface area (Å²) in [6.45, 7) is 4.75. The van der Waals surface area contributed by atoms with Crippen molar-refractivity contribution < 1.29 is 4.79 Å². The van der Waals surface area contributed by atoms with Crippen LogP contribution in [0.1, 0.15) is 38.4 Å². The Morgan fingerprint density at radius 1 is 1.53 bits per heavy atom. The number of nitrogens with zero attached hydrogens (tertiary/aromatic N) is 4. The number of carbonyl (C=O) groups is 1. The normalized spacial score (nSPS) is 21.6. The molecule has 1 unspecified atom stereocenters. The van der Waals surface area contributed by atoms with Crippen LogP contribution < -0.4 is 0 Å². The summed E-state index contributed by atoms with van der Waals surface area (Å²) >= 11 is 0. The van der Waals surface area contributed by atoms with Crippen LogP contribution in [-0.4, -0.2) is 38.5 Å². The number of aromatic nitrogens is 3. The third kappa shape index (κ3) is 2.91. The first kappa shape index (κ1) is 12.2. The lowest BCUT2D eigenvalue weighted by molar-refractivity contribution is -0.113. The maximum atomic E-state index is 11.0. The highest BCUT2D eigenvalue weighted by Gasteiger charge is 2.23. The fourth-order valence-corrected chi connectivity index (χ4v) is 2.36. The van der Waals surface area contributed by atoms with Gasteiger partial charge < -0.3 is 4.79 Å². The van der Waals surface area contributed by atoms with Crippen LogP contribution in [0.2, 0.25) is 0 Å². The highest BCUT2D eigenvalue weighted by molar-refractivity contribution is 5.57. The van der Waals surface area contributed by atoms with Crippen molar-refractivity contribution in [2.24, 2.45) is 0 Å². The third-order valence-corrected chi connectivity index (χ3v) is 3.30. The van der Waals surface area contributed by atoms with E-state index >= 15 is 0 Å². The van der Waals surface area contributed by atoms with Crippen LogP contribution in [0, 0.1) is 0 Å². The van der Waals surface area contributed by atoms with E-state index in [2.05, 4.69) is 21.9 Å². The van der Waals surface area contributed by atoms with Crippen molar-refractivity contribution >= 4 is 6.29 Å². The molecule has 1 aromatic rings. The minimum atomic E-state index is 0.0653. The summed E-state index contributed by atoms with van der Waals surface area (Å²) in [6, 6.07) is 0.0653. The van der Waals surface area contributed by atoms with Gasteiger partial charge in [-0.3, -0.25) is 4.90 Å². The Labute approximate surface area is 102 Å². The molecular formula is C12H20N4O. The molecule has 0 aromatic carbocycles. The van der Waals surface area contributed by atoms with E-state index in [1.54, 1.807) is 6.33 Å². The summed E-state index contributed by atoms with van der Waals surface area (Å²) in [6.07, 6.45) is 7.03. The number of hydrogen-bond donors (Lipinski definition) is 0. The van der Waals surface area contributed by atoms with Crippen molar-refractivity contribution in [3.05, 3.63) is 12.2 Å². The molecule has 0 amide bonds. The first-order chi connectivity index (χ1) is 8.35. The Bertz CT molecular complexity index is 363. The van der Waals surface area contributed by atoms with Gasteiger partial charge in [-0.25, -0.2) is 9.67 Å². The molecule has 1 atom stereocenters. The van der Waals surface area contributed by atoms with E-state index in [-0.39, 0.29) is 6.04 Å². The van der Waals surface area contributed by atoms with E-state index in [1.165, 1.54) is 6.42 Å². The topological polar surface area (TPSA) is 51.0 Å². The molecule has 0 radical (unpaired) electrons. The average Bonchev–Trinajstić information content (AvgIpc) is 2.78. The van der Waals surface area contributed by atoms with Gasteiger partial charge in [-0.2, -0.15) is 5.10 Å². The zero-order chi connectivity index (χ0) is 12.1. The van der Waals surface area contributed by atoms with Crippen molar-refractivity contribution in [1.29, 1.82) is 0 Å². The fourth-order valence-electron chi connectivity index (χ4n) is 2.36. The average molecular weight is 236 g/mol. The maximum Gasteiger partial charge on any atom is 0.141 e. The van der Waals surface area contributed by atoms with Gasteiger partial charge in [0, 0.05) is 6.54 Å². The molecule has 1 saturated heterocycles. The zero-order valence-corrected chi connectivity index (χ0v) is 10.4. The van der Waals surface area contributed by atoms with Crippen molar-refractivity contribution in [2.75, 3.05) is 6.54 Å². The summed E-state index contributed by atoms with van der Waals surface area (Å²) < 4.78 is 1.94. The van der Waals surface area contributed by atoms with Gasteiger partial charge in [0.2, 0.25) is 0 Å². The van der Waals surface area contributed by atoms with Gasteiger partial charge in [-0.15, -0.1) is 0 Å². The minimum Gasteiger partial charge on any atom is -0.302 e. The predicted molar refractivity (Wildman–Crippen MR) is 64.4 cm³/mol. The maximum absolute atomic E-state index is 11.0. The van der Waals surface area contributed by atoms with Gasteiger partial charge in [-0.05, 0) is 25.8 Å². The monoisotopic (exact) mass is 236 g/mol. The van der Waals surface area contributed by atoms with E-state index in [0.717, 1.165) is 51.0 Å². The number of carbonyl (C=O) groups excluding carboxylic acids is 1. The minimum absolute atomic E-state index is 0.0653. The molecule has 1 aliphatic heterocycles. The molecule has 1 aromatic heterocycles.